The molecule has 2 aliphatic rings. The highest BCUT2D eigenvalue weighted by Gasteiger charge is 2.09. The van der Waals surface area contributed by atoms with Crippen molar-refractivity contribution in [3.05, 3.63) is 55.4 Å². The van der Waals surface area contributed by atoms with E-state index < -0.39 is 7.54 Å². The van der Waals surface area contributed by atoms with Gasteiger partial charge in [0.2, 0.25) is 0 Å². The first-order chi connectivity index (χ1) is 28.6. The monoisotopic (exact) mass is 974 g/mol. The van der Waals surface area contributed by atoms with Crippen molar-refractivity contribution in [2.24, 2.45) is 0 Å². The zero-order valence-corrected chi connectivity index (χ0v) is 44.3. The molecule has 0 saturated carbocycles. The Bertz CT molecular complexity index is 968. The van der Waals surface area contributed by atoms with Gasteiger partial charge in [-0.1, -0.05) is 150 Å². The van der Waals surface area contributed by atoms with Gasteiger partial charge in [0.25, 0.3) is 0 Å². The van der Waals surface area contributed by atoms with E-state index in [1.165, 1.54) is 161 Å². The van der Waals surface area contributed by atoms with Crippen LogP contribution in [0, 0.1) is 0 Å². The second-order valence-corrected chi connectivity index (χ2v) is 16.2. The molecule has 13 heteroatoms. The number of nitrogens with zero attached hydrogens (tertiary/aromatic N) is 5. The number of unbranched alkanes of at least 4 members (excludes halogenated alkanes) is 18. The Morgan fingerprint density at radius 2 is 0.839 bits per heavy atom. The average Bonchev–Trinajstić information content (AvgIpc) is 3.90. The standard InChI is InChI=1S/C17H37N.C11H22N2.C8H18.C7H10N.C6H12N2.BF3.BrH.ClH.FH/c1-4-6-8-10-12-14-16-18(3)17-15-13-11-9-7-5-2;1-3-5-6-7-8-13-10-9-12(4-2)11-13;1-3-5-7-8-6-4-2;1-2-8-6-4-3-5-7-8;1-3-8-5-4-7(2)6-8;2-1(3)4;;;/h4-17H2,1-3H3;9-10H,3-8,11H2,1-2H3;3-8H2,1-2H3;3-7H,2H2,1H3;4-5H,3,6H2,1-2H3;;3*1H/q;;;+1;;;;;/p-2. The van der Waals surface area contributed by atoms with E-state index in [-0.39, 0.29) is 34.1 Å². The first-order valence-electron chi connectivity index (χ1n) is 24.5. The van der Waals surface area contributed by atoms with Gasteiger partial charge in [-0.15, -0.1) is 0 Å². The van der Waals surface area contributed by atoms with Gasteiger partial charge in [0.15, 0.2) is 12.4 Å². The first-order valence-corrected chi connectivity index (χ1v) is 24.5. The Morgan fingerprint density at radius 3 is 1.15 bits per heavy atom. The van der Waals surface area contributed by atoms with Crippen LogP contribution in [0.15, 0.2) is 55.4 Å². The van der Waals surface area contributed by atoms with Gasteiger partial charge in [-0.05, 0) is 52.9 Å². The maximum absolute atomic E-state index is 9.67. The molecule has 0 radical (unpaired) electrons. The van der Waals surface area contributed by atoms with Crippen LogP contribution in [0.25, 0.3) is 0 Å². The molecule has 0 amide bonds. The van der Waals surface area contributed by atoms with E-state index in [1.54, 1.807) is 4.90 Å². The number of halogens is 6. The Balaban J connectivity index is -0.000000158. The first kappa shape index (κ1) is 72.0. The fourth-order valence-electron chi connectivity index (χ4n) is 6.44. The van der Waals surface area contributed by atoms with Gasteiger partial charge >= 0.3 is 7.54 Å². The molecule has 0 aromatic carbocycles. The highest BCUT2D eigenvalue weighted by atomic mass is 79.9. The molecule has 0 atom stereocenters. The summed E-state index contributed by atoms with van der Waals surface area (Å²) in [6.07, 6.45) is 43.8. The van der Waals surface area contributed by atoms with Crippen LogP contribution in [0.5, 0.6) is 0 Å². The highest BCUT2D eigenvalue weighted by Crippen LogP contribution is 2.09. The second kappa shape index (κ2) is 59.3. The molecule has 0 bridgehead atoms. The lowest BCUT2D eigenvalue weighted by Gasteiger charge is -2.19. The Morgan fingerprint density at radius 1 is 0.500 bits per heavy atom. The van der Waals surface area contributed by atoms with Gasteiger partial charge in [0.05, 0.1) is 33.5 Å². The predicted molar refractivity (Wildman–Crippen MR) is 255 cm³/mol. The fourth-order valence-corrected chi connectivity index (χ4v) is 6.44. The minimum atomic E-state index is -3.67. The summed E-state index contributed by atoms with van der Waals surface area (Å²) in [5.41, 5.74) is 0. The van der Waals surface area contributed by atoms with Crippen molar-refractivity contribution in [3.8, 4) is 0 Å². The lowest BCUT2D eigenvalue weighted by atomic mass is 10.1. The summed E-state index contributed by atoms with van der Waals surface area (Å²) in [6, 6.07) is 6.08. The number of aryl methyl sites for hydroxylation is 1. The van der Waals surface area contributed by atoms with E-state index in [1.807, 2.05) is 18.2 Å². The van der Waals surface area contributed by atoms with Gasteiger partial charge in [0, 0.05) is 63.6 Å². The molecule has 1 aromatic rings. The molecule has 1 aromatic heterocycles. The Hall–Kier alpha value is -1.66. The van der Waals surface area contributed by atoms with Crippen molar-refractivity contribution < 1.29 is 56.5 Å². The predicted octanol–water partition coefficient (Wildman–Crippen LogP) is 3.79. The highest BCUT2D eigenvalue weighted by molar-refractivity contribution is 6.33. The van der Waals surface area contributed by atoms with Crippen molar-refractivity contribution in [1.82, 2.24) is 19.6 Å². The van der Waals surface area contributed by atoms with Crippen molar-refractivity contribution in [1.29, 1.82) is 0 Å². The summed E-state index contributed by atoms with van der Waals surface area (Å²) in [7, 11) is 0.782. The van der Waals surface area contributed by atoms with Gasteiger partial charge < -0.3 is 58.6 Å². The molecular weight excluding hydrogens is 875 g/mol. The van der Waals surface area contributed by atoms with Crippen LogP contribution >= 0.6 is 0 Å². The number of quaternary nitrogens is 1. The molecule has 0 spiro atoms. The lowest BCUT2D eigenvalue weighted by Crippen LogP contribution is -3.09. The molecule has 3 heterocycles. The van der Waals surface area contributed by atoms with E-state index in [0.717, 1.165) is 33.0 Å². The van der Waals surface area contributed by atoms with Gasteiger partial charge in [-0.25, -0.2) is 4.57 Å². The summed E-state index contributed by atoms with van der Waals surface area (Å²) in [4.78, 5) is 10.9. The average molecular weight is 976 g/mol. The molecular formula is C49H100BBrClF4N6-. The van der Waals surface area contributed by atoms with E-state index >= 15 is 0 Å². The summed E-state index contributed by atoms with van der Waals surface area (Å²) in [5.74, 6) is 0. The van der Waals surface area contributed by atoms with Crippen LogP contribution in [0.4, 0.5) is 12.9 Å². The summed E-state index contributed by atoms with van der Waals surface area (Å²) in [6.45, 7) is 27.3. The van der Waals surface area contributed by atoms with Crippen molar-refractivity contribution in [3.63, 3.8) is 0 Å². The van der Waals surface area contributed by atoms with Crippen molar-refractivity contribution in [2.45, 2.75) is 203 Å². The molecule has 2 aliphatic heterocycles. The van der Waals surface area contributed by atoms with E-state index in [9.17, 15) is 12.9 Å². The minimum Gasteiger partial charge on any atom is -1.00 e. The smallest absolute Gasteiger partial charge is 0.762 e. The topological polar surface area (TPSA) is 21.3 Å². The molecule has 0 fully saturated rings. The number of nitrogens with one attached hydrogen (secondary N) is 1. The largest absolute Gasteiger partial charge is 1.00 e. The molecule has 372 valence electrons. The third-order valence-corrected chi connectivity index (χ3v) is 10.4. The molecule has 1 N–H and O–H groups in total. The molecule has 0 saturated heterocycles. The fraction of sp³-hybridized carbons (Fsp3) is 0.816. The zero-order chi connectivity index (χ0) is 44.6. The molecule has 6 nitrogen and oxygen atoms in total. The number of aromatic nitrogens is 1. The maximum atomic E-state index is 9.67. The lowest BCUT2D eigenvalue weighted by molar-refractivity contribution is -0.880. The molecule has 0 aliphatic carbocycles. The van der Waals surface area contributed by atoms with E-state index in [2.05, 4.69) is 131 Å². The van der Waals surface area contributed by atoms with Crippen LogP contribution in [-0.2, 0) is 6.54 Å². The summed E-state index contributed by atoms with van der Waals surface area (Å²) in [5, 5.41) is 0. The van der Waals surface area contributed by atoms with Crippen molar-refractivity contribution >= 4 is 7.54 Å². The second-order valence-electron chi connectivity index (χ2n) is 16.2. The van der Waals surface area contributed by atoms with E-state index in [4.69, 9.17) is 0 Å². The van der Waals surface area contributed by atoms with E-state index in [0.29, 0.717) is 0 Å². The van der Waals surface area contributed by atoms with Gasteiger partial charge in [-0.2, -0.15) is 0 Å². The maximum Gasteiger partial charge on any atom is 0.762 e. The van der Waals surface area contributed by atoms with Crippen molar-refractivity contribution in [2.75, 3.05) is 60.2 Å². The van der Waals surface area contributed by atoms with Gasteiger partial charge in [0.1, 0.15) is 6.54 Å². The third kappa shape index (κ3) is 58.3. The number of hydrogen-bond donors (Lipinski definition) is 1. The Labute approximate surface area is 400 Å². The van der Waals surface area contributed by atoms with Crippen LogP contribution in [0.3, 0.4) is 0 Å². The number of rotatable bonds is 27. The molecule has 0 unspecified atom stereocenters. The van der Waals surface area contributed by atoms with Crippen LogP contribution in [0.2, 0.25) is 0 Å². The zero-order valence-electron chi connectivity index (χ0n) is 42.0. The normalized spacial score (nSPS) is 11.8. The SMILES string of the molecule is CCCCCCCC.CCCCCCCC[NH+](C)CCCCCCCC.CCCCCCN1C=CN(CC)C1.CCN1C=CN(C)C1.CC[n+]1ccccc1.FB(F)F.[Br-].[Cl-].[F-]. The molecule has 3 rings (SSSR count). The molecule has 62 heavy (non-hydrogen) atoms. The number of pyridine rings is 1. The minimum absolute atomic E-state index is 0. The summed E-state index contributed by atoms with van der Waals surface area (Å²) >= 11 is 0. The van der Waals surface area contributed by atoms with Crippen LogP contribution < -0.4 is 43.6 Å². The quantitative estimate of drug-likeness (QED) is 0.0628. The van der Waals surface area contributed by atoms with Crippen LogP contribution in [-0.4, -0.2) is 87.3 Å². The summed E-state index contributed by atoms with van der Waals surface area (Å²) < 4.78 is 31.1. The Kier molecular flexibility index (Phi) is 68.9. The van der Waals surface area contributed by atoms with Crippen LogP contribution in [0.1, 0.15) is 197 Å². The third-order valence-electron chi connectivity index (χ3n) is 10.4. The number of hydrogen-bond acceptors (Lipinski definition) is 4. The van der Waals surface area contributed by atoms with Gasteiger partial charge in [-0.3, -0.25) is 12.9 Å².